The van der Waals surface area contributed by atoms with E-state index in [1.165, 1.54) is 75.3 Å². The van der Waals surface area contributed by atoms with E-state index in [1.54, 1.807) is 0 Å². The molecule has 0 fully saturated rings. The van der Waals surface area contributed by atoms with Crippen molar-refractivity contribution >= 4 is 0 Å². The maximum Gasteiger partial charge on any atom is 0.130 e. The van der Waals surface area contributed by atoms with E-state index in [4.69, 9.17) is 4.74 Å². The SMILES string of the molecule is CCCCCCCCc1ccc(Oc2ccc(CCCCCCCC)cc2CC(O)CO)c(CC(O)CO)c1. The number of ether oxygens (including phenoxy) is 1. The molecule has 2 unspecified atom stereocenters. The number of aliphatic hydroxyl groups excluding tert-OH is 4. The Bertz CT molecular complexity index is 839. The van der Waals surface area contributed by atoms with Gasteiger partial charge in [0.25, 0.3) is 0 Å². The average molecular weight is 543 g/mol. The lowest BCUT2D eigenvalue weighted by Gasteiger charge is -2.19. The monoisotopic (exact) mass is 542 g/mol. The zero-order valence-corrected chi connectivity index (χ0v) is 24.5. The van der Waals surface area contributed by atoms with Crippen LogP contribution < -0.4 is 4.74 Å². The predicted molar refractivity (Wildman–Crippen MR) is 161 cm³/mol. The van der Waals surface area contributed by atoms with Crippen molar-refractivity contribution in [2.24, 2.45) is 0 Å². The number of hydrogen-bond donors (Lipinski definition) is 4. The molecule has 4 N–H and O–H groups in total. The summed E-state index contributed by atoms with van der Waals surface area (Å²) in [6.07, 6.45) is 15.8. The van der Waals surface area contributed by atoms with Crippen molar-refractivity contribution in [1.82, 2.24) is 0 Å². The zero-order chi connectivity index (χ0) is 28.3. The molecule has 0 bridgehead atoms. The highest BCUT2D eigenvalue weighted by Crippen LogP contribution is 2.32. The van der Waals surface area contributed by atoms with E-state index in [0.29, 0.717) is 24.3 Å². The summed E-state index contributed by atoms with van der Waals surface area (Å²) < 4.78 is 6.40. The predicted octanol–water partition coefficient (Wildman–Crippen LogP) is 7.08. The topological polar surface area (TPSA) is 90.2 Å². The maximum absolute atomic E-state index is 10.2. The lowest BCUT2D eigenvalue weighted by Crippen LogP contribution is -2.16. The van der Waals surface area contributed by atoms with Gasteiger partial charge in [-0.15, -0.1) is 0 Å². The second kappa shape index (κ2) is 20.0. The van der Waals surface area contributed by atoms with Crippen molar-refractivity contribution in [3.8, 4) is 11.5 Å². The number of benzene rings is 2. The van der Waals surface area contributed by atoms with Crippen LogP contribution in [0.15, 0.2) is 36.4 Å². The fourth-order valence-corrected chi connectivity index (χ4v) is 5.07. The Kier molecular flexibility index (Phi) is 17.1. The molecule has 0 saturated carbocycles. The minimum Gasteiger partial charge on any atom is -0.457 e. The van der Waals surface area contributed by atoms with E-state index < -0.39 is 12.2 Å². The van der Waals surface area contributed by atoms with Crippen LogP contribution >= 0.6 is 0 Å². The van der Waals surface area contributed by atoms with Crippen molar-refractivity contribution in [3.05, 3.63) is 58.7 Å². The first-order chi connectivity index (χ1) is 19.0. The lowest BCUT2D eigenvalue weighted by molar-refractivity contribution is 0.0945. The summed E-state index contributed by atoms with van der Waals surface area (Å²) in [7, 11) is 0. The van der Waals surface area contributed by atoms with Crippen molar-refractivity contribution in [2.75, 3.05) is 13.2 Å². The number of unbranched alkanes of at least 4 members (excludes halogenated alkanes) is 10. The van der Waals surface area contributed by atoms with Crippen molar-refractivity contribution < 1.29 is 25.2 Å². The summed E-state index contributed by atoms with van der Waals surface area (Å²) in [6, 6.07) is 12.3. The Morgan fingerprint density at radius 3 is 1.33 bits per heavy atom. The smallest absolute Gasteiger partial charge is 0.130 e. The van der Waals surface area contributed by atoms with Crippen molar-refractivity contribution in [3.63, 3.8) is 0 Å². The highest BCUT2D eigenvalue weighted by atomic mass is 16.5. The lowest BCUT2D eigenvalue weighted by atomic mass is 9.98. The fourth-order valence-electron chi connectivity index (χ4n) is 5.07. The summed E-state index contributed by atoms with van der Waals surface area (Å²) in [5, 5.41) is 39.4. The molecule has 5 nitrogen and oxygen atoms in total. The first kappa shape index (κ1) is 33.3. The minimum absolute atomic E-state index is 0.303. The number of rotatable bonds is 22. The molecule has 2 atom stereocenters. The summed E-state index contributed by atoms with van der Waals surface area (Å²) in [5.41, 5.74) is 4.15. The molecule has 0 heterocycles. The van der Waals surface area contributed by atoms with Gasteiger partial charge in [-0.25, -0.2) is 0 Å². The molecule has 0 aromatic heterocycles. The van der Waals surface area contributed by atoms with E-state index in [1.807, 2.05) is 12.1 Å². The second-order valence-corrected chi connectivity index (χ2v) is 11.1. The van der Waals surface area contributed by atoms with E-state index in [-0.39, 0.29) is 13.2 Å². The second-order valence-electron chi connectivity index (χ2n) is 11.1. The van der Waals surface area contributed by atoms with Gasteiger partial charge < -0.3 is 25.2 Å². The Hall–Kier alpha value is -1.92. The third kappa shape index (κ3) is 13.3. The third-order valence-electron chi connectivity index (χ3n) is 7.44. The van der Waals surface area contributed by atoms with Crippen LogP contribution in [-0.2, 0) is 25.7 Å². The molecular formula is C34H54O5. The molecule has 2 aromatic rings. The quantitative estimate of drug-likeness (QED) is 0.119. The normalized spacial score (nSPS) is 13.0. The molecule has 0 aliphatic heterocycles. The van der Waals surface area contributed by atoms with Gasteiger partial charge in [-0.1, -0.05) is 102 Å². The van der Waals surface area contributed by atoms with Gasteiger partial charge in [-0.3, -0.25) is 0 Å². The first-order valence-corrected chi connectivity index (χ1v) is 15.5. The molecule has 39 heavy (non-hydrogen) atoms. The van der Waals surface area contributed by atoms with Crippen LogP contribution in [0.3, 0.4) is 0 Å². The molecular weight excluding hydrogens is 488 g/mol. The van der Waals surface area contributed by atoms with Gasteiger partial charge in [0.2, 0.25) is 0 Å². The molecule has 5 heteroatoms. The molecule has 0 spiro atoms. The summed E-state index contributed by atoms with van der Waals surface area (Å²) in [5.74, 6) is 1.30. The Labute approximate surface area is 237 Å². The van der Waals surface area contributed by atoms with Crippen LogP contribution in [0.1, 0.15) is 113 Å². The maximum atomic E-state index is 10.2. The van der Waals surface area contributed by atoms with Gasteiger partial charge in [0.1, 0.15) is 11.5 Å². The average Bonchev–Trinajstić information content (AvgIpc) is 2.94. The zero-order valence-electron chi connectivity index (χ0n) is 24.5. The Balaban J connectivity index is 2.16. The molecule has 2 aromatic carbocycles. The van der Waals surface area contributed by atoms with Gasteiger partial charge in [0.05, 0.1) is 25.4 Å². The van der Waals surface area contributed by atoms with Gasteiger partial charge in [0.15, 0.2) is 0 Å². The van der Waals surface area contributed by atoms with Gasteiger partial charge in [-0.05, 0) is 60.1 Å². The molecule has 0 aliphatic rings. The summed E-state index contributed by atoms with van der Waals surface area (Å²) in [4.78, 5) is 0. The van der Waals surface area contributed by atoms with Gasteiger partial charge >= 0.3 is 0 Å². The van der Waals surface area contributed by atoms with E-state index >= 15 is 0 Å². The summed E-state index contributed by atoms with van der Waals surface area (Å²) >= 11 is 0. The van der Waals surface area contributed by atoms with Gasteiger partial charge in [-0.2, -0.15) is 0 Å². The number of aliphatic hydroxyl groups is 4. The van der Waals surface area contributed by atoms with Crippen LogP contribution in [0, 0.1) is 0 Å². The Morgan fingerprint density at radius 2 is 0.949 bits per heavy atom. The molecule has 220 valence electrons. The highest BCUT2D eigenvalue weighted by molar-refractivity contribution is 5.45. The van der Waals surface area contributed by atoms with Crippen LogP contribution in [-0.4, -0.2) is 45.8 Å². The molecule has 0 radical (unpaired) electrons. The van der Waals surface area contributed by atoms with E-state index in [0.717, 1.165) is 36.8 Å². The fraction of sp³-hybridized carbons (Fsp3) is 0.647. The minimum atomic E-state index is -0.855. The highest BCUT2D eigenvalue weighted by Gasteiger charge is 2.16. The Morgan fingerprint density at radius 1 is 0.564 bits per heavy atom. The van der Waals surface area contributed by atoms with Crippen LogP contribution in [0.4, 0.5) is 0 Å². The summed E-state index contributed by atoms with van der Waals surface area (Å²) in [6.45, 7) is 3.85. The van der Waals surface area contributed by atoms with Crippen LogP contribution in [0.2, 0.25) is 0 Å². The number of hydrogen-bond acceptors (Lipinski definition) is 5. The number of aryl methyl sites for hydroxylation is 2. The van der Waals surface area contributed by atoms with E-state index in [2.05, 4.69) is 38.1 Å². The third-order valence-corrected chi connectivity index (χ3v) is 7.44. The molecule has 0 aliphatic carbocycles. The standard InChI is InChI=1S/C34H54O5/c1-3-5-7-9-11-13-15-27-17-19-33(29(21-27)23-31(37)25-35)39-34-20-18-28(16-14-12-10-8-6-4-2)22-30(34)24-32(38)26-36/h17-22,31-32,35-38H,3-16,23-26H2,1-2H3. The first-order valence-electron chi connectivity index (χ1n) is 15.5. The van der Waals surface area contributed by atoms with Gasteiger partial charge in [0, 0.05) is 12.8 Å². The molecule has 2 rings (SSSR count). The van der Waals surface area contributed by atoms with E-state index in [9.17, 15) is 20.4 Å². The molecule has 0 amide bonds. The largest absolute Gasteiger partial charge is 0.457 e. The van der Waals surface area contributed by atoms with Crippen LogP contribution in [0.5, 0.6) is 11.5 Å². The van der Waals surface area contributed by atoms with Crippen molar-refractivity contribution in [2.45, 2.75) is 129 Å². The molecule has 0 saturated heterocycles. The van der Waals surface area contributed by atoms with Crippen LogP contribution in [0.25, 0.3) is 0 Å². The van der Waals surface area contributed by atoms with Crippen molar-refractivity contribution in [1.29, 1.82) is 0 Å².